The number of hydrogen-bond acceptors (Lipinski definition) is 3. The van der Waals surface area contributed by atoms with Gasteiger partial charge in [-0.05, 0) is 25.7 Å². The van der Waals surface area contributed by atoms with E-state index in [1.165, 1.54) is 0 Å². The second-order valence-electron chi connectivity index (χ2n) is 5.33. The Morgan fingerprint density at radius 1 is 1.27 bits per heavy atom. The molecule has 0 rings (SSSR count). The highest BCUT2D eigenvalue weighted by molar-refractivity contribution is 4.84. The zero-order valence-corrected chi connectivity index (χ0v) is 11.0. The average Bonchev–Trinajstić information content (AvgIpc) is 2.14. The van der Waals surface area contributed by atoms with E-state index in [-0.39, 0.29) is 18.1 Å². The first kappa shape index (κ1) is 14.9. The SMILES string of the molecule is COC(C)C(C)NC(CCO)C(C)(C)C. The van der Waals surface area contributed by atoms with Gasteiger partial charge in [0.15, 0.2) is 0 Å². The lowest BCUT2D eigenvalue weighted by Gasteiger charge is -2.35. The summed E-state index contributed by atoms with van der Waals surface area (Å²) in [5.74, 6) is 0. The largest absolute Gasteiger partial charge is 0.396 e. The molecule has 0 radical (unpaired) electrons. The second-order valence-corrected chi connectivity index (χ2v) is 5.33. The molecule has 0 heterocycles. The number of aliphatic hydroxyl groups is 1. The highest BCUT2D eigenvalue weighted by Gasteiger charge is 2.26. The summed E-state index contributed by atoms with van der Waals surface area (Å²) in [5.41, 5.74) is 0.157. The van der Waals surface area contributed by atoms with E-state index in [0.717, 1.165) is 6.42 Å². The van der Waals surface area contributed by atoms with Crippen LogP contribution in [0.5, 0.6) is 0 Å². The van der Waals surface area contributed by atoms with Crippen LogP contribution in [0.3, 0.4) is 0 Å². The quantitative estimate of drug-likeness (QED) is 0.713. The van der Waals surface area contributed by atoms with E-state index in [9.17, 15) is 0 Å². The Balaban J connectivity index is 4.28. The molecule has 0 aromatic carbocycles. The van der Waals surface area contributed by atoms with Gasteiger partial charge in [-0.1, -0.05) is 20.8 Å². The fourth-order valence-corrected chi connectivity index (χ4v) is 1.55. The molecular formula is C12H27NO2. The van der Waals surface area contributed by atoms with Gasteiger partial charge in [0, 0.05) is 25.8 Å². The third kappa shape index (κ3) is 5.50. The third-order valence-corrected chi connectivity index (χ3v) is 3.00. The van der Waals surface area contributed by atoms with Crippen LogP contribution in [0.25, 0.3) is 0 Å². The standard InChI is InChI=1S/C12H27NO2/c1-9(10(2)15-6)13-11(7-8-14)12(3,4)5/h9-11,13-14H,7-8H2,1-6H3. The van der Waals surface area contributed by atoms with Gasteiger partial charge >= 0.3 is 0 Å². The van der Waals surface area contributed by atoms with Crippen molar-refractivity contribution in [3.8, 4) is 0 Å². The van der Waals surface area contributed by atoms with E-state index in [4.69, 9.17) is 9.84 Å². The summed E-state index contributed by atoms with van der Waals surface area (Å²) in [4.78, 5) is 0. The number of ether oxygens (including phenoxy) is 1. The molecule has 0 aliphatic heterocycles. The summed E-state index contributed by atoms with van der Waals surface area (Å²) in [6.45, 7) is 10.9. The van der Waals surface area contributed by atoms with Crippen LogP contribution < -0.4 is 5.32 Å². The number of nitrogens with one attached hydrogen (secondary N) is 1. The number of hydrogen-bond donors (Lipinski definition) is 2. The highest BCUT2D eigenvalue weighted by Crippen LogP contribution is 2.22. The number of rotatable bonds is 6. The molecule has 0 saturated heterocycles. The number of aliphatic hydroxyl groups excluding tert-OH is 1. The fourth-order valence-electron chi connectivity index (χ4n) is 1.55. The molecule has 0 amide bonds. The number of methoxy groups -OCH3 is 1. The van der Waals surface area contributed by atoms with Gasteiger partial charge in [-0.25, -0.2) is 0 Å². The molecule has 3 unspecified atom stereocenters. The summed E-state index contributed by atoms with van der Waals surface area (Å²) >= 11 is 0. The first-order valence-electron chi connectivity index (χ1n) is 5.72. The minimum Gasteiger partial charge on any atom is -0.396 e. The maximum atomic E-state index is 9.04. The summed E-state index contributed by atoms with van der Waals surface area (Å²) in [6, 6.07) is 0.612. The summed E-state index contributed by atoms with van der Waals surface area (Å²) in [5, 5.41) is 12.6. The second kappa shape index (κ2) is 6.46. The smallest absolute Gasteiger partial charge is 0.0693 e. The molecule has 0 aliphatic carbocycles. The molecule has 0 spiro atoms. The first-order chi connectivity index (χ1) is 6.82. The summed E-state index contributed by atoms with van der Waals surface area (Å²) in [6.07, 6.45) is 0.970. The van der Waals surface area contributed by atoms with E-state index in [0.29, 0.717) is 12.1 Å². The molecule has 0 aromatic heterocycles. The van der Waals surface area contributed by atoms with Gasteiger partial charge in [0.25, 0.3) is 0 Å². The van der Waals surface area contributed by atoms with E-state index in [1.807, 2.05) is 0 Å². The molecule has 0 aliphatic rings. The van der Waals surface area contributed by atoms with Gasteiger partial charge < -0.3 is 15.2 Å². The Labute approximate surface area is 94.2 Å². The molecule has 3 nitrogen and oxygen atoms in total. The van der Waals surface area contributed by atoms with Crippen molar-refractivity contribution >= 4 is 0 Å². The van der Waals surface area contributed by atoms with Crippen LogP contribution in [0.1, 0.15) is 41.0 Å². The van der Waals surface area contributed by atoms with Crippen LogP contribution in [0, 0.1) is 5.41 Å². The molecular weight excluding hydrogens is 190 g/mol. The minimum absolute atomic E-state index is 0.157. The van der Waals surface area contributed by atoms with Crippen molar-refractivity contribution in [3.05, 3.63) is 0 Å². The van der Waals surface area contributed by atoms with Crippen LogP contribution in [0.4, 0.5) is 0 Å². The lowest BCUT2D eigenvalue weighted by molar-refractivity contribution is 0.0721. The van der Waals surface area contributed by atoms with Crippen molar-refractivity contribution in [2.24, 2.45) is 5.41 Å². The topological polar surface area (TPSA) is 41.5 Å². The molecule has 0 saturated carbocycles. The maximum Gasteiger partial charge on any atom is 0.0693 e. The van der Waals surface area contributed by atoms with E-state index < -0.39 is 0 Å². The molecule has 3 heteroatoms. The fraction of sp³-hybridized carbons (Fsp3) is 1.00. The molecule has 2 N–H and O–H groups in total. The van der Waals surface area contributed by atoms with Crippen LogP contribution in [-0.2, 0) is 4.74 Å². The van der Waals surface area contributed by atoms with Gasteiger partial charge in [0.2, 0.25) is 0 Å². The van der Waals surface area contributed by atoms with Crippen molar-refractivity contribution in [1.29, 1.82) is 0 Å². The van der Waals surface area contributed by atoms with E-state index >= 15 is 0 Å². The minimum atomic E-state index is 0.157. The Morgan fingerprint density at radius 3 is 2.13 bits per heavy atom. The van der Waals surface area contributed by atoms with Crippen molar-refractivity contribution in [2.45, 2.75) is 59.2 Å². The zero-order valence-electron chi connectivity index (χ0n) is 11.0. The van der Waals surface area contributed by atoms with E-state index in [2.05, 4.69) is 39.9 Å². The van der Waals surface area contributed by atoms with Gasteiger partial charge in [-0.2, -0.15) is 0 Å². The normalized spacial score (nSPS) is 18.6. The van der Waals surface area contributed by atoms with Gasteiger partial charge in [0.1, 0.15) is 0 Å². The molecule has 0 bridgehead atoms. The zero-order chi connectivity index (χ0) is 12.1. The lowest BCUT2D eigenvalue weighted by Crippen LogP contribution is -2.49. The Hall–Kier alpha value is -0.120. The third-order valence-electron chi connectivity index (χ3n) is 3.00. The Kier molecular flexibility index (Phi) is 6.41. The Morgan fingerprint density at radius 2 is 1.80 bits per heavy atom. The molecule has 92 valence electrons. The van der Waals surface area contributed by atoms with Crippen molar-refractivity contribution in [3.63, 3.8) is 0 Å². The van der Waals surface area contributed by atoms with Crippen LogP contribution in [0.2, 0.25) is 0 Å². The molecule has 15 heavy (non-hydrogen) atoms. The predicted molar refractivity (Wildman–Crippen MR) is 64.0 cm³/mol. The first-order valence-corrected chi connectivity index (χ1v) is 5.72. The van der Waals surface area contributed by atoms with Crippen LogP contribution in [0.15, 0.2) is 0 Å². The van der Waals surface area contributed by atoms with Gasteiger partial charge in [-0.15, -0.1) is 0 Å². The summed E-state index contributed by atoms with van der Waals surface area (Å²) in [7, 11) is 1.72. The predicted octanol–water partition coefficient (Wildman–Crippen LogP) is 1.80. The van der Waals surface area contributed by atoms with Crippen LogP contribution >= 0.6 is 0 Å². The van der Waals surface area contributed by atoms with Crippen molar-refractivity contribution in [1.82, 2.24) is 5.32 Å². The Bertz CT molecular complexity index is 165. The highest BCUT2D eigenvalue weighted by atomic mass is 16.5. The lowest BCUT2D eigenvalue weighted by atomic mass is 9.84. The maximum absolute atomic E-state index is 9.04. The van der Waals surface area contributed by atoms with Crippen molar-refractivity contribution < 1.29 is 9.84 Å². The van der Waals surface area contributed by atoms with Crippen LogP contribution in [-0.4, -0.2) is 37.0 Å². The molecule has 0 fully saturated rings. The molecule has 3 atom stereocenters. The van der Waals surface area contributed by atoms with Gasteiger partial charge in [-0.3, -0.25) is 0 Å². The van der Waals surface area contributed by atoms with Crippen molar-refractivity contribution in [2.75, 3.05) is 13.7 Å². The summed E-state index contributed by atoms with van der Waals surface area (Å²) < 4.78 is 5.28. The molecule has 0 aromatic rings. The van der Waals surface area contributed by atoms with E-state index in [1.54, 1.807) is 7.11 Å². The van der Waals surface area contributed by atoms with Gasteiger partial charge in [0.05, 0.1) is 6.10 Å². The monoisotopic (exact) mass is 217 g/mol. The average molecular weight is 217 g/mol.